The Morgan fingerprint density at radius 1 is 1.22 bits per heavy atom. The summed E-state index contributed by atoms with van der Waals surface area (Å²) in [6.07, 6.45) is 0. The van der Waals surface area contributed by atoms with Gasteiger partial charge in [0.05, 0.1) is 0 Å². The number of amides is 1. The van der Waals surface area contributed by atoms with Gasteiger partial charge in [-0.25, -0.2) is 0 Å². The van der Waals surface area contributed by atoms with Crippen LogP contribution in [0.5, 0.6) is 11.6 Å². The first-order chi connectivity index (χ1) is 8.58. The second-order valence-electron chi connectivity index (χ2n) is 3.69. The molecule has 0 aliphatic heterocycles. The zero-order chi connectivity index (χ0) is 13.1. The number of rotatable bonds is 3. The minimum Gasteiger partial charge on any atom is -0.437 e. The molecule has 0 aliphatic carbocycles. The molecule has 0 unspecified atom stereocenters. The predicted molar refractivity (Wildman–Crippen MR) is 66.2 cm³/mol. The van der Waals surface area contributed by atoms with Gasteiger partial charge in [0.25, 0.3) is 5.91 Å². The predicted octanol–water partition coefficient (Wildman–Crippen LogP) is 1.26. The first-order valence-electron chi connectivity index (χ1n) is 5.24. The van der Waals surface area contributed by atoms with Crippen molar-refractivity contribution in [2.45, 2.75) is 6.92 Å². The Kier molecular flexibility index (Phi) is 3.09. The van der Waals surface area contributed by atoms with Gasteiger partial charge in [0.2, 0.25) is 5.88 Å². The summed E-state index contributed by atoms with van der Waals surface area (Å²) in [7, 11) is 0. The number of primary amides is 1. The van der Waals surface area contributed by atoms with Gasteiger partial charge >= 0.3 is 0 Å². The van der Waals surface area contributed by atoms with Gasteiger partial charge in [-0.3, -0.25) is 4.79 Å². The van der Waals surface area contributed by atoms with Crippen molar-refractivity contribution in [2.75, 3.05) is 5.73 Å². The van der Waals surface area contributed by atoms with E-state index in [0.717, 1.165) is 5.56 Å². The van der Waals surface area contributed by atoms with E-state index < -0.39 is 5.91 Å². The third-order valence-electron chi connectivity index (χ3n) is 2.43. The zero-order valence-electron chi connectivity index (χ0n) is 9.75. The number of nitrogens with zero attached hydrogens (tertiary/aromatic N) is 2. The Morgan fingerprint density at radius 3 is 2.61 bits per heavy atom. The largest absolute Gasteiger partial charge is 0.437 e. The molecule has 92 valence electrons. The fourth-order valence-electron chi connectivity index (χ4n) is 1.36. The number of nitrogen functional groups attached to an aromatic ring is 1. The van der Waals surface area contributed by atoms with Gasteiger partial charge in [-0.05, 0) is 25.1 Å². The smallest absolute Gasteiger partial charge is 0.269 e. The molecule has 6 nitrogen and oxygen atoms in total. The summed E-state index contributed by atoms with van der Waals surface area (Å²) < 4.78 is 5.52. The maximum Gasteiger partial charge on any atom is 0.269 e. The minimum absolute atomic E-state index is 0.0895. The normalized spacial score (nSPS) is 10.1. The van der Waals surface area contributed by atoms with Crippen LogP contribution in [0.25, 0.3) is 0 Å². The van der Waals surface area contributed by atoms with Crippen molar-refractivity contribution >= 4 is 11.6 Å². The molecule has 4 N–H and O–H groups in total. The van der Waals surface area contributed by atoms with Gasteiger partial charge < -0.3 is 16.2 Å². The molecule has 1 aromatic carbocycles. The quantitative estimate of drug-likeness (QED) is 0.791. The van der Waals surface area contributed by atoms with Crippen molar-refractivity contribution in [3.05, 3.63) is 41.6 Å². The van der Waals surface area contributed by atoms with E-state index in [1.807, 2.05) is 6.92 Å². The average molecular weight is 244 g/mol. The average Bonchev–Trinajstić information content (AvgIpc) is 2.36. The first kappa shape index (κ1) is 11.8. The second kappa shape index (κ2) is 4.70. The number of hydrogen-bond donors (Lipinski definition) is 2. The van der Waals surface area contributed by atoms with E-state index in [9.17, 15) is 4.79 Å². The van der Waals surface area contributed by atoms with Gasteiger partial charge in [-0.2, -0.15) is 0 Å². The van der Waals surface area contributed by atoms with Crippen LogP contribution in [0, 0.1) is 6.92 Å². The topological polar surface area (TPSA) is 104 Å². The molecular weight excluding hydrogens is 232 g/mol. The maximum atomic E-state index is 10.8. The van der Waals surface area contributed by atoms with Crippen LogP contribution >= 0.6 is 0 Å². The Morgan fingerprint density at radius 2 is 2.00 bits per heavy atom. The van der Waals surface area contributed by atoms with Crippen LogP contribution in [0.15, 0.2) is 30.3 Å². The van der Waals surface area contributed by atoms with E-state index in [-0.39, 0.29) is 11.6 Å². The van der Waals surface area contributed by atoms with Crippen molar-refractivity contribution < 1.29 is 9.53 Å². The highest BCUT2D eigenvalue weighted by Crippen LogP contribution is 2.26. The fraction of sp³-hybridized carbons (Fsp3) is 0.0833. The molecule has 0 saturated carbocycles. The van der Waals surface area contributed by atoms with Crippen molar-refractivity contribution in [3.63, 3.8) is 0 Å². The standard InChI is InChI=1S/C12H12N4O2/c1-7-8(13)3-2-4-10(7)18-11-6-5-9(12(14)17)15-16-11/h2-6H,13H2,1H3,(H2,14,17). The Bertz CT molecular complexity index is 581. The van der Waals surface area contributed by atoms with E-state index in [1.165, 1.54) is 12.1 Å². The number of aromatic nitrogens is 2. The number of anilines is 1. The van der Waals surface area contributed by atoms with Crippen molar-refractivity contribution in [2.24, 2.45) is 5.73 Å². The molecule has 0 atom stereocenters. The van der Waals surface area contributed by atoms with Gasteiger partial charge in [0, 0.05) is 17.3 Å². The van der Waals surface area contributed by atoms with Gasteiger partial charge in [-0.1, -0.05) is 6.07 Å². The first-order valence-corrected chi connectivity index (χ1v) is 5.24. The highest BCUT2D eigenvalue weighted by molar-refractivity contribution is 5.90. The Labute approximate surface area is 104 Å². The summed E-state index contributed by atoms with van der Waals surface area (Å²) in [5.74, 6) is 0.235. The third-order valence-corrected chi connectivity index (χ3v) is 2.43. The van der Waals surface area contributed by atoms with Crippen LogP contribution in [-0.2, 0) is 0 Å². The van der Waals surface area contributed by atoms with E-state index in [0.29, 0.717) is 11.4 Å². The lowest BCUT2D eigenvalue weighted by atomic mass is 10.2. The molecule has 18 heavy (non-hydrogen) atoms. The van der Waals surface area contributed by atoms with Gasteiger partial charge in [0.15, 0.2) is 5.69 Å². The monoisotopic (exact) mass is 244 g/mol. The summed E-state index contributed by atoms with van der Waals surface area (Å²) in [6.45, 7) is 1.84. The van der Waals surface area contributed by atoms with Crippen molar-refractivity contribution in [1.82, 2.24) is 10.2 Å². The molecule has 0 bridgehead atoms. The van der Waals surface area contributed by atoms with Crippen molar-refractivity contribution in [3.8, 4) is 11.6 Å². The van der Waals surface area contributed by atoms with E-state index in [1.54, 1.807) is 18.2 Å². The number of ether oxygens (including phenoxy) is 1. The maximum absolute atomic E-state index is 10.8. The van der Waals surface area contributed by atoms with Crippen LogP contribution in [0.3, 0.4) is 0 Å². The number of carbonyl (C=O) groups is 1. The Balaban J connectivity index is 2.24. The number of carbonyl (C=O) groups excluding carboxylic acids is 1. The molecule has 6 heteroatoms. The third kappa shape index (κ3) is 2.37. The van der Waals surface area contributed by atoms with E-state index >= 15 is 0 Å². The molecule has 2 aromatic rings. The summed E-state index contributed by atoms with van der Waals surface area (Å²) in [5, 5.41) is 7.40. The molecule has 2 rings (SSSR count). The zero-order valence-corrected chi connectivity index (χ0v) is 9.75. The van der Waals surface area contributed by atoms with Crippen molar-refractivity contribution in [1.29, 1.82) is 0 Å². The lowest BCUT2D eigenvalue weighted by Gasteiger charge is -2.08. The molecule has 0 spiro atoms. The molecular formula is C12H12N4O2. The molecule has 1 heterocycles. The van der Waals surface area contributed by atoms with Crippen LogP contribution in [0.1, 0.15) is 16.1 Å². The summed E-state index contributed by atoms with van der Waals surface area (Å²) in [5.41, 5.74) is 12.4. The fourth-order valence-corrected chi connectivity index (χ4v) is 1.36. The minimum atomic E-state index is -0.630. The lowest BCUT2D eigenvalue weighted by molar-refractivity contribution is 0.0994. The number of benzene rings is 1. The highest BCUT2D eigenvalue weighted by atomic mass is 16.5. The molecule has 0 saturated heterocycles. The molecule has 0 fully saturated rings. The van der Waals surface area contributed by atoms with Crippen LogP contribution in [0.4, 0.5) is 5.69 Å². The second-order valence-corrected chi connectivity index (χ2v) is 3.69. The van der Waals surface area contributed by atoms with Gasteiger partial charge in [0.1, 0.15) is 5.75 Å². The summed E-state index contributed by atoms with van der Waals surface area (Å²) >= 11 is 0. The summed E-state index contributed by atoms with van der Waals surface area (Å²) in [6, 6.07) is 8.31. The van der Waals surface area contributed by atoms with Crippen LogP contribution in [-0.4, -0.2) is 16.1 Å². The molecule has 1 aromatic heterocycles. The van der Waals surface area contributed by atoms with Crippen LogP contribution < -0.4 is 16.2 Å². The van der Waals surface area contributed by atoms with E-state index in [4.69, 9.17) is 16.2 Å². The van der Waals surface area contributed by atoms with Crippen LogP contribution in [0.2, 0.25) is 0 Å². The lowest BCUT2D eigenvalue weighted by Crippen LogP contribution is -2.13. The SMILES string of the molecule is Cc1c(N)cccc1Oc1ccc(C(N)=O)nn1. The molecule has 1 amide bonds. The highest BCUT2D eigenvalue weighted by Gasteiger charge is 2.07. The number of nitrogens with two attached hydrogens (primary N) is 2. The molecule has 0 radical (unpaired) electrons. The van der Waals surface area contributed by atoms with E-state index in [2.05, 4.69) is 10.2 Å². The Hall–Kier alpha value is -2.63. The summed E-state index contributed by atoms with van der Waals surface area (Å²) in [4.78, 5) is 10.8. The number of hydrogen-bond acceptors (Lipinski definition) is 5. The van der Waals surface area contributed by atoms with Gasteiger partial charge in [-0.15, -0.1) is 10.2 Å². The molecule has 0 aliphatic rings.